The van der Waals surface area contributed by atoms with E-state index in [1.807, 2.05) is 12.1 Å². The number of fused-ring (bicyclic) bond motifs is 1. The van der Waals surface area contributed by atoms with Gasteiger partial charge in [-0.2, -0.15) is 5.06 Å². The summed E-state index contributed by atoms with van der Waals surface area (Å²) in [5, 5.41) is 2.18. The van der Waals surface area contributed by atoms with Gasteiger partial charge in [-0.15, -0.1) is 0 Å². The summed E-state index contributed by atoms with van der Waals surface area (Å²) in [5.74, 6) is 0.876. The number of anilines is 1. The molecule has 0 unspecified atom stereocenters. The van der Waals surface area contributed by atoms with Crippen LogP contribution in [-0.2, 0) is 10.4 Å². The van der Waals surface area contributed by atoms with Gasteiger partial charge in [0.1, 0.15) is 11.9 Å². The molecule has 4 nitrogen and oxygen atoms in total. The number of methoxy groups -OCH3 is 1. The number of hydrogen-bond acceptors (Lipinski definition) is 4. The molecule has 0 bridgehead atoms. The normalized spacial score (nSPS) is 24.3. The molecule has 0 N–H and O–H groups in total. The van der Waals surface area contributed by atoms with Gasteiger partial charge in [0.15, 0.2) is 0 Å². The predicted octanol–water partition coefficient (Wildman–Crippen LogP) is 4.75. The van der Waals surface area contributed by atoms with Gasteiger partial charge in [0, 0.05) is 18.7 Å². The van der Waals surface area contributed by atoms with Crippen LogP contribution in [0, 0.1) is 0 Å². The van der Waals surface area contributed by atoms with E-state index in [0.717, 1.165) is 25.4 Å². The average Bonchev–Trinajstić information content (AvgIpc) is 3.31. The van der Waals surface area contributed by atoms with Crippen molar-refractivity contribution in [2.45, 2.75) is 18.1 Å². The fourth-order valence-corrected chi connectivity index (χ4v) is 4.45. The molecule has 3 aromatic rings. The zero-order chi connectivity index (χ0) is 19.0. The number of hydroxylamine groups is 2. The molecule has 28 heavy (non-hydrogen) atoms. The Kier molecular flexibility index (Phi) is 4.30. The Morgan fingerprint density at radius 3 is 2.25 bits per heavy atom. The monoisotopic (exact) mass is 372 g/mol. The second kappa shape index (κ2) is 6.97. The van der Waals surface area contributed by atoms with Crippen molar-refractivity contribution >= 4 is 5.69 Å². The third-order valence-corrected chi connectivity index (χ3v) is 5.93. The quantitative estimate of drug-likeness (QED) is 0.660. The number of nitrogens with zero attached hydrogens (tertiary/aromatic N) is 2. The zero-order valence-corrected chi connectivity index (χ0v) is 16.0. The van der Waals surface area contributed by atoms with Crippen LogP contribution in [0.5, 0.6) is 5.75 Å². The van der Waals surface area contributed by atoms with Crippen molar-refractivity contribution in [3.05, 3.63) is 96.1 Å². The molecule has 0 spiro atoms. The lowest BCUT2D eigenvalue weighted by Crippen LogP contribution is -2.37. The maximum absolute atomic E-state index is 6.49. The average molecular weight is 372 g/mol. The molecule has 0 aliphatic carbocycles. The Hall–Kier alpha value is -2.82. The minimum atomic E-state index is -0.151. The van der Waals surface area contributed by atoms with Crippen molar-refractivity contribution in [2.24, 2.45) is 0 Å². The van der Waals surface area contributed by atoms with Crippen LogP contribution in [0.2, 0.25) is 0 Å². The first-order valence-electron chi connectivity index (χ1n) is 9.72. The molecule has 2 heterocycles. The summed E-state index contributed by atoms with van der Waals surface area (Å²) in [6, 6.07) is 29.6. The van der Waals surface area contributed by atoms with Crippen LogP contribution in [0.3, 0.4) is 0 Å². The fourth-order valence-electron chi connectivity index (χ4n) is 4.45. The van der Waals surface area contributed by atoms with Crippen LogP contribution in [0.1, 0.15) is 23.7 Å². The predicted molar refractivity (Wildman–Crippen MR) is 110 cm³/mol. The summed E-state index contributed by atoms with van der Waals surface area (Å²) >= 11 is 0. The fraction of sp³-hybridized carbons (Fsp3) is 0.250. The number of ether oxygens (including phenoxy) is 1. The molecule has 2 aliphatic heterocycles. The van der Waals surface area contributed by atoms with Crippen molar-refractivity contribution in [2.75, 3.05) is 25.2 Å². The smallest absolute Gasteiger partial charge is 0.119 e. The van der Waals surface area contributed by atoms with Crippen molar-refractivity contribution in [3.8, 4) is 5.75 Å². The van der Waals surface area contributed by atoms with E-state index in [4.69, 9.17) is 9.57 Å². The Labute approximate surface area is 165 Å². The lowest BCUT2D eigenvalue weighted by molar-refractivity contribution is -0.172. The molecule has 5 rings (SSSR count). The summed E-state index contributed by atoms with van der Waals surface area (Å²) < 4.78 is 5.30. The lowest BCUT2D eigenvalue weighted by Gasteiger charge is -2.28. The van der Waals surface area contributed by atoms with Crippen LogP contribution in [0.25, 0.3) is 0 Å². The van der Waals surface area contributed by atoms with Crippen molar-refractivity contribution in [1.82, 2.24) is 5.06 Å². The van der Waals surface area contributed by atoms with Gasteiger partial charge >= 0.3 is 0 Å². The SMILES string of the molecule is COc1ccc(N2CN3O[C@H](c4ccccc4)C[C@]3(c3ccccc3)C2)cc1. The van der Waals surface area contributed by atoms with Gasteiger partial charge in [-0.1, -0.05) is 60.7 Å². The van der Waals surface area contributed by atoms with Gasteiger partial charge in [-0.05, 0) is 35.4 Å². The lowest BCUT2D eigenvalue weighted by atomic mass is 9.84. The summed E-state index contributed by atoms with van der Waals surface area (Å²) in [5.41, 5.74) is 3.58. The second-order valence-corrected chi connectivity index (χ2v) is 7.52. The molecule has 2 saturated heterocycles. The zero-order valence-electron chi connectivity index (χ0n) is 16.0. The minimum absolute atomic E-state index is 0.0828. The van der Waals surface area contributed by atoms with Crippen LogP contribution in [0.15, 0.2) is 84.9 Å². The summed E-state index contributed by atoms with van der Waals surface area (Å²) in [4.78, 5) is 8.88. The van der Waals surface area contributed by atoms with E-state index in [2.05, 4.69) is 82.8 Å². The third kappa shape index (κ3) is 2.86. The van der Waals surface area contributed by atoms with Gasteiger partial charge in [-0.3, -0.25) is 4.84 Å². The van der Waals surface area contributed by atoms with Crippen molar-refractivity contribution in [1.29, 1.82) is 0 Å². The van der Waals surface area contributed by atoms with E-state index in [9.17, 15) is 0 Å². The molecule has 2 aliphatic rings. The molecule has 0 amide bonds. The molecule has 142 valence electrons. The first-order chi connectivity index (χ1) is 13.8. The molecule has 0 radical (unpaired) electrons. The van der Waals surface area contributed by atoms with E-state index in [-0.39, 0.29) is 11.6 Å². The first-order valence-corrected chi connectivity index (χ1v) is 9.72. The van der Waals surface area contributed by atoms with Crippen molar-refractivity contribution < 1.29 is 9.57 Å². The van der Waals surface area contributed by atoms with Crippen LogP contribution < -0.4 is 9.64 Å². The van der Waals surface area contributed by atoms with E-state index in [1.165, 1.54) is 16.8 Å². The van der Waals surface area contributed by atoms with Crippen molar-refractivity contribution in [3.63, 3.8) is 0 Å². The Morgan fingerprint density at radius 1 is 0.893 bits per heavy atom. The van der Waals surface area contributed by atoms with E-state index < -0.39 is 0 Å². The standard InChI is InChI=1S/C24H24N2O2/c1-27-22-14-12-21(13-15-22)25-17-24(20-10-6-3-7-11-20)16-23(28-26(24)18-25)19-8-4-2-5-9-19/h2-15,23H,16-18H2,1H3/t23-,24+/m0/s1. The molecule has 0 aromatic heterocycles. The maximum Gasteiger partial charge on any atom is 0.119 e. The number of rotatable bonds is 4. The maximum atomic E-state index is 6.49. The highest BCUT2D eigenvalue weighted by molar-refractivity contribution is 5.51. The first kappa shape index (κ1) is 17.3. The van der Waals surface area contributed by atoms with Crippen LogP contribution >= 0.6 is 0 Å². The molecule has 2 fully saturated rings. The summed E-state index contributed by atoms with van der Waals surface area (Å²) in [6.45, 7) is 1.64. The summed E-state index contributed by atoms with van der Waals surface area (Å²) in [6.07, 6.45) is 1.02. The molecule has 2 atom stereocenters. The van der Waals surface area contributed by atoms with Crippen LogP contribution in [-0.4, -0.2) is 25.4 Å². The van der Waals surface area contributed by atoms with Gasteiger partial charge in [0.25, 0.3) is 0 Å². The Bertz CT molecular complexity index is 930. The number of benzene rings is 3. The largest absolute Gasteiger partial charge is 0.497 e. The molecule has 3 aromatic carbocycles. The van der Waals surface area contributed by atoms with Gasteiger partial charge in [0.05, 0.1) is 19.3 Å². The van der Waals surface area contributed by atoms with Gasteiger partial charge in [-0.25, -0.2) is 0 Å². The Balaban J connectivity index is 1.48. The summed E-state index contributed by atoms with van der Waals surface area (Å²) in [7, 11) is 1.70. The highest BCUT2D eigenvalue weighted by Crippen LogP contribution is 2.50. The Morgan fingerprint density at radius 2 is 1.57 bits per heavy atom. The molecular weight excluding hydrogens is 348 g/mol. The topological polar surface area (TPSA) is 24.9 Å². The minimum Gasteiger partial charge on any atom is -0.497 e. The number of hydrogen-bond donors (Lipinski definition) is 0. The van der Waals surface area contributed by atoms with Crippen LogP contribution in [0.4, 0.5) is 5.69 Å². The highest BCUT2D eigenvalue weighted by Gasteiger charge is 2.54. The van der Waals surface area contributed by atoms with Gasteiger partial charge in [0.2, 0.25) is 0 Å². The van der Waals surface area contributed by atoms with E-state index >= 15 is 0 Å². The highest BCUT2D eigenvalue weighted by atomic mass is 16.7. The van der Waals surface area contributed by atoms with E-state index in [0.29, 0.717) is 0 Å². The van der Waals surface area contributed by atoms with Gasteiger partial charge < -0.3 is 9.64 Å². The molecular formula is C24H24N2O2. The third-order valence-electron chi connectivity index (χ3n) is 5.93. The molecule has 0 saturated carbocycles. The molecule has 4 heteroatoms. The second-order valence-electron chi connectivity index (χ2n) is 7.52. The van der Waals surface area contributed by atoms with E-state index in [1.54, 1.807) is 7.11 Å².